The fourth-order valence-electron chi connectivity index (χ4n) is 1.60. The maximum absolute atomic E-state index is 5.87. The van der Waals surface area contributed by atoms with E-state index in [4.69, 9.17) is 10.5 Å². The molecule has 0 radical (unpaired) electrons. The van der Waals surface area contributed by atoms with Crippen molar-refractivity contribution >= 4 is 33.1 Å². The number of pyridine rings is 1. The van der Waals surface area contributed by atoms with E-state index in [-0.39, 0.29) is 0 Å². The van der Waals surface area contributed by atoms with Gasteiger partial charge in [-0.05, 0) is 36.2 Å². The third kappa shape index (κ3) is 4.13. The van der Waals surface area contributed by atoms with Crippen LogP contribution < -0.4 is 15.8 Å². The molecule has 0 aliphatic rings. The molecule has 0 atom stereocenters. The number of ether oxygens (including phenoxy) is 1. The zero-order valence-electron chi connectivity index (χ0n) is 11.6. The molecule has 0 unspecified atom stereocenters. The van der Waals surface area contributed by atoms with Gasteiger partial charge in [0.15, 0.2) is 0 Å². The first-order valence-corrected chi connectivity index (χ1v) is 7.26. The number of aromatic nitrogens is 1. The van der Waals surface area contributed by atoms with Crippen LogP contribution >= 0.6 is 15.9 Å². The van der Waals surface area contributed by atoms with Crippen LogP contribution in [0.15, 0.2) is 40.9 Å². The number of nitrogens with one attached hydrogen (secondary N) is 1. The number of rotatable bonds is 5. The largest absolute Gasteiger partial charge is 0.476 e. The van der Waals surface area contributed by atoms with Crippen molar-refractivity contribution in [3.8, 4) is 5.88 Å². The normalized spacial score (nSPS) is 10.6. The first-order chi connectivity index (χ1) is 9.54. The summed E-state index contributed by atoms with van der Waals surface area (Å²) >= 11 is 3.44. The maximum atomic E-state index is 5.87. The van der Waals surface area contributed by atoms with Crippen LogP contribution in [0.5, 0.6) is 5.88 Å². The summed E-state index contributed by atoms with van der Waals surface area (Å²) in [5.74, 6) is 1.60. The molecular weight excluding hydrogens is 318 g/mol. The van der Waals surface area contributed by atoms with Gasteiger partial charge in [0.05, 0.1) is 12.3 Å². The zero-order valence-corrected chi connectivity index (χ0v) is 13.1. The van der Waals surface area contributed by atoms with Gasteiger partial charge < -0.3 is 15.8 Å². The molecule has 5 heteroatoms. The van der Waals surface area contributed by atoms with Gasteiger partial charge in [-0.15, -0.1) is 0 Å². The number of hydrogen-bond donors (Lipinski definition) is 2. The summed E-state index contributed by atoms with van der Waals surface area (Å²) in [4.78, 5) is 4.40. The van der Waals surface area contributed by atoms with E-state index in [9.17, 15) is 0 Å². The number of nitrogens with zero attached hydrogens (tertiary/aromatic N) is 1. The van der Waals surface area contributed by atoms with Crippen LogP contribution in [0, 0.1) is 5.92 Å². The number of anilines is 3. The highest BCUT2D eigenvalue weighted by Gasteiger charge is 2.06. The Morgan fingerprint density at radius 1 is 1.30 bits per heavy atom. The van der Waals surface area contributed by atoms with Gasteiger partial charge in [-0.2, -0.15) is 4.98 Å². The molecule has 1 heterocycles. The second kappa shape index (κ2) is 6.61. The molecule has 3 N–H and O–H groups in total. The van der Waals surface area contributed by atoms with E-state index in [1.807, 2.05) is 30.3 Å². The summed E-state index contributed by atoms with van der Waals surface area (Å²) in [6.45, 7) is 4.76. The Hall–Kier alpha value is -1.75. The second-order valence-electron chi connectivity index (χ2n) is 4.93. The third-order valence-corrected chi connectivity index (χ3v) is 3.03. The van der Waals surface area contributed by atoms with Gasteiger partial charge >= 0.3 is 0 Å². The van der Waals surface area contributed by atoms with Gasteiger partial charge in [-0.1, -0.05) is 35.8 Å². The second-order valence-corrected chi connectivity index (χ2v) is 5.85. The van der Waals surface area contributed by atoms with Crippen molar-refractivity contribution in [1.82, 2.24) is 4.98 Å². The Labute approximate surface area is 127 Å². The lowest BCUT2D eigenvalue weighted by Gasteiger charge is -2.12. The third-order valence-electron chi connectivity index (χ3n) is 2.54. The molecule has 1 aromatic heterocycles. The maximum Gasteiger partial charge on any atom is 0.239 e. The van der Waals surface area contributed by atoms with Crippen LogP contribution in [0.25, 0.3) is 0 Å². The van der Waals surface area contributed by atoms with Gasteiger partial charge in [0.2, 0.25) is 5.88 Å². The Bertz CT molecular complexity index is 587. The topological polar surface area (TPSA) is 60.2 Å². The Balaban J connectivity index is 2.14. The number of nitrogen functional groups attached to an aromatic ring is 1. The molecule has 0 spiro atoms. The molecule has 20 heavy (non-hydrogen) atoms. The van der Waals surface area contributed by atoms with Gasteiger partial charge in [-0.25, -0.2) is 0 Å². The van der Waals surface area contributed by atoms with Gasteiger partial charge in [0, 0.05) is 10.2 Å². The molecule has 2 aromatic rings. The lowest BCUT2D eigenvalue weighted by atomic mass is 10.2. The van der Waals surface area contributed by atoms with Crippen molar-refractivity contribution in [2.24, 2.45) is 5.92 Å². The number of benzene rings is 1. The summed E-state index contributed by atoms with van der Waals surface area (Å²) < 4.78 is 6.62. The summed E-state index contributed by atoms with van der Waals surface area (Å²) in [6, 6.07) is 11.5. The fraction of sp³-hybridized carbons (Fsp3) is 0.267. The van der Waals surface area contributed by atoms with Crippen molar-refractivity contribution in [2.45, 2.75) is 13.8 Å². The number of hydrogen-bond acceptors (Lipinski definition) is 4. The lowest BCUT2D eigenvalue weighted by Crippen LogP contribution is -2.08. The van der Waals surface area contributed by atoms with E-state index >= 15 is 0 Å². The number of nitrogens with two attached hydrogens (primary N) is 1. The van der Waals surface area contributed by atoms with Crippen molar-refractivity contribution in [3.63, 3.8) is 0 Å². The molecule has 4 nitrogen and oxygen atoms in total. The average molecular weight is 336 g/mol. The SMILES string of the molecule is CC(C)COc1nc(Nc2cccc(Br)c2)ccc1N. The summed E-state index contributed by atoms with van der Waals surface area (Å²) in [7, 11) is 0. The molecule has 0 saturated heterocycles. The van der Waals surface area contributed by atoms with Gasteiger partial charge in [-0.3, -0.25) is 0 Å². The molecule has 106 valence electrons. The standard InChI is InChI=1S/C15H18BrN3O/c1-10(2)9-20-15-13(17)6-7-14(19-15)18-12-5-3-4-11(16)8-12/h3-8,10H,9,17H2,1-2H3,(H,18,19). The predicted molar refractivity (Wildman–Crippen MR) is 86.4 cm³/mol. The summed E-state index contributed by atoms with van der Waals surface area (Å²) in [6.07, 6.45) is 0. The zero-order chi connectivity index (χ0) is 14.5. The lowest BCUT2D eigenvalue weighted by molar-refractivity contribution is 0.263. The van der Waals surface area contributed by atoms with E-state index < -0.39 is 0 Å². The van der Waals surface area contributed by atoms with Crippen LogP contribution in [0.3, 0.4) is 0 Å². The highest BCUT2D eigenvalue weighted by molar-refractivity contribution is 9.10. The smallest absolute Gasteiger partial charge is 0.239 e. The predicted octanol–water partition coefficient (Wildman–Crippen LogP) is 4.20. The molecule has 0 bridgehead atoms. The summed E-state index contributed by atoms with van der Waals surface area (Å²) in [5, 5.41) is 3.22. The molecule has 2 rings (SSSR count). The van der Waals surface area contributed by atoms with Crippen LogP contribution in [0.4, 0.5) is 17.2 Å². The minimum Gasteiger partial charge on any atom is -0.476 e. The van der Waals surface area contributed by atoms with Crippen LogP contribution in [-0.4, -0.2) is 11.6 Å². The van der Waals surface area contributed by atoms with Crippen molar-refractivity contribution in [2.75, 3.05) is 17.7 Å². The minimum absolute atomic E-state index is 0.429. The van der Waals surface area contributed by atoms with Crippen LogP contribution in [0.2, 0.25) is 0 Å². The molecule has 0 fully saturated rings. The van der Waals surface area contributed by atoms with E-state index in [2.05, 4.69) is 40.1 Å². The molecule has 0 saturated carbocycles. The van der Waals surface area contributed by atoms with Crippen molar-refractivity contribution < 1.29 is 4.74 Å². The van der Waals surface area contributed by atoms with E-state index in [0.29, 0.717) is 29.9 Å². The minimum atomic E-state index is 0.429. The fourth-order valence-corrected chi connectivity index (χ4v) is 2.00. The monoisotopic (exact) mass is 335 g/mol. The molecular formula is C15H18BrN3O. The highest BCUT2D eigenvalue weighted by Crippen LogP contribution is 2.24. The average Bonchev–Trinajstić information content (AvgIpc) is 2.39. The van der Waals surface area contributed by atoms with Crippen molar-refractivity contribution in [3.05, 3.63) is 40.9 Å². The quantitative estimate of drug-likeness (QED) is 0.859. The van der Waals surface area contributed by atoms with Crippen LogP contribution in [0.1, 0.15) is 13.8 Å². The van der Waals surface area contributed by atoms with Gasteiger partial charge in [0.1, 0.15) is 5.82 Å². The highest BCUT2D eigenvalue weighted by atomic mass is 79.9. The summed E-state index contributed by atoms with van der Waals surface area (Å²) in [5.41, 5.74) is 7.37. The van der Waals surface area contributed by atoms with Crippen molar-refractivity contribution in [1.29, 1.82) is 0 Å². The molecule has 1 aromatic carbocycles. The van der Waals surface area contributed by atoms with E-state index in [1.165, 1.54) is 0 Å². The Morgan fingerprint density at radius 2 is 2.10 bits per heavy atom. The first kappa shape index (κ1) is 14.7. The Morgan fingerprint density at radius 3 is 2.80 bits per heavy atom. The van der Waals surface area contributed by atoms with E-state index in [1.54, 1.807) is 6.07 Å². The van der Waals surface area contributed by atoms with Crippen LogP contribution in [-0.2, 0) is 0 Å². The number of halogens is 1. The van der Waals surface area contributed by atoms with Gasteiger partial charge in [0.25, 0.3) is 0 Å². The molecule has 0 aliphatic heterocycles. The Kier molecular flexibility index (Phi) is 4.84. The molecule has 0 amide bonds. The molecule has 0 aliphatic carbocycles. The van der Waals surface area contributed by atoms with E-state index in [0.717, 1.165) is 10.2 Å². The first-order valence-electron chi connectivity index (χ1n) is 6.46.